The lowest BCUT2D eigenvalue weighted by atomic mass is 10.1. The molecule has 5 nitrogen and oxygen atoms in total. The molecule has 0 bridgehead atoms. The first-order valence-corrected chi connectivity index (χ1v) is 6.42. The van der Waals surface area contributed by atoms with Crippen LogP contribution in [-0.4, -0.2) is 37.4 Å². The summed E-state index contributed by atoms with van der Waals surface area (Å²) < 4.78 is 4.92. The summed E-state index contributed by atoms with van der Waals surface area (Å²) >= 11 is 0. The average Bonchev–Trinajstić information content (AvgIpc) is 2.41. The fourth-order valence-electron chi connectivity index (χ4n) is 1.70. The molecule has 0 saturated heterocycles. The molecule has 0 heterocycles. The number of hydrogen-bond donors (Lipinski definition) is 3. The summed E-state index contributed by atoms with van der Waals surface area (Å²) in [5.41, 5.74) is 7.53. The molecule has 0 aliphatic carbocycles. The maximum absolute atomic E-state index is 11.8. The number of nitrogens with two attached hydrogens (primary N) is 1. The lowest BCUT2D eigenvalue weighted by Gasteiger charge is -2.12. The topological polar surface area (TPSA) is 84.6 Å². The quantitative estimate of drug-likeness (QED) is 0.611. The van der Waals surface area contributed by atoms with Crippen LogP contribution in [0, 0.1) is 0 Å². The number of anilines is 1. The molecule has 106 valence electrons. The maximum Gasteiger partial charge on any atom is 0.241 e. The van der Waals surface area contributed by atoms with E-state index in [9.17, 15) is 4.79 Å². The van der Waals surface area contributed by atoms with Crippen molar-refractivity contribution >= 4 is 11.6 Å². The Labute approximate surface area is 113 Å². The third kappa shape index (κ3) is 5.83. The van der Waals surface area contributed by atoms with Crippen LogP contribution in [0.4, 0.5) is 5.69 Å². The zero-order valence-corrected chi connectivity index (χ0v) is 11.3. The van der Waals surface area contributed by atoms with Crippen LogP contribution in [0.15, 0.2) is 24.3 Å². The molecule has 0 fully saturated rings. The zero-order valence-electron chi connectivity index (χ0n) is 11.3. The third-order valence-electron chi connectivity index (χ3n) is 2.82. The van der Waals surface area contributed by atoms with Gasteiger partial charge in [-0.2, -0.15) is 0 Å². The second-order valence-electron chi connectivity index (χ2n) is 4.40. The monoisotopic (exact) mass is 266 g/mol. The second kappa shape index (κ2) is 8.63. The van der Waals surface area contributed by atoms with E-state index in [0.29, 0.717) is 25.1 Å². The number of hydrogen-bond acceptors (Lipinski definition) is 4. The molecule has 0 radical (unpaired) electrons. The Hall–Kier alpha value is -1.43. The van der Waals surface area contributed by atoms with E-state index in [1.165, 1.54) is 0 Å². The Bertz CT molecular complexity index is 379. The van der Waals surface area contributed by atoms with Gasteiger partial charge in [-0.3, -0.25) is 4.79 Å². The van der Waals surface area contributed by atoms with Gasteiger partial charge in [0, 0.05) is 26.0 Å². The number of nitrogens with one attached hydrogen (secondary N) is 1. The molecule has 0 aromatic heterocycles. The lowest BCUT2D eigenvalue weighted by molar-refractivity contribution is -0.117. The number of ether oxygens (including phenoxy) is 1. The summed E-state index contributed by atoms with van der Waals surface area (Å²) in [5, 5.41) is 11.6. The van der Waals surface area contributed by atoms with Crippen molar-refractivity contribution in [3.8, 4) is 0 Å². The van der Waals surface area contributed by atoms with E-state index in [-0.39, 0.29) is 12.5 Å². The highest BCUT2D eigenvalue weighted by molar-refractivity contribution is 5.94. The number of aliphatic hydroxyl groups is 1. The molecule has 0 aliphatic heterocycles. The zero-order chi connectivity index (χ0) is 14.1. The van der Waals surface area contributed by atoms with Gasteiger partial charge in [-0.15, -0.1) is 0 Å². The molecule has 1 unspecified atom stereocenters. The summed E-state index contributed by atoms with van der Waals surface area (Å²) in [4.78, 5) is 11.8. The van der Waals surface area contributed by atoms with Gasteiger partial charge in [0.1, 0.15) is 0 Å². The Morgan fingerprint density at radius 1 is 1.42 bits per heavy atom. The van der Waals surface area contributed by atoms with Gasteiger partial charge in [0.15, 0.2) is 0 Å². The average molecular weight is 266 g/mol. The molecule has 4 N–H and O–H groups in total. The van der Waals surface area contributed by atoms with E-state index >= 15 is 0 Å². The molecule has 1 atom stereocenters. The number of aliphatic hydroxyl groups excluding tert-OH is 1. The summed E-state index contributed by atoms with van der Waals surface area (Å²) in [6, 6.07) is 6.85. The van der Waals surface area contributed by atoms with Gasteiger partial charge in [0.2, 0.25) is 5.91 Å². The Morgan fingerprint density at radius 3 is 2.68 bits per heavy atom. The van der Waals surface area contributed by atoms with E-state index in [4.69, 9.17) is 15.6 Å². The van der Waals surface area contributed by atoms with E-state index in [1.54, 1.807) is 7.11 Å². The van der Waals surface area contributed by atoms with E-state index in [1.807, 2.05) is 24.3 Å². The number of carbonyl (C=O) groups is 1. The van der Waals surface area contributed by atoms with Gasteiger partial charge in [-0.05, 0) is 37.0 Å². The van der Waals surface area contributed by atoms with Crippen LogP contribution in [0.3, 0.4) is 0 Å². The molecule has 1 rings (SSSR count). The van der Waals surface area contributed by atoms with Gasteiger partial charge in [0.05, 0.1) is 6.04 Å². The standard InChI is InChI=1S/C14H22N2O3/c1-19-10-2-3-13(15)14(18)16-12-6-4-11(5-7-12)8-9-17/h4-7,13,17H,2-3,8-10,15H2,1H3,(H,16,18). The molecule has 19 heavy (non-hydrogen) atoms. The maximum atomic E-state index is 11.8. The first kappa shape index (κ1) is 15.6. The largest absolute Gasteiger partial charge is 0.396 e. The number of rotatable bonds is 8. The Kier molecular flexibility index (Phi) is 7.10. The van der Waals surface area contributed by atoms with Gasteiger partial charge in [-0.25, -0.2) is 0 Å². The predicted molar refractivity (Wildman–Crippen MR) is 74.9 cm³/mol. The van der Waals surface area contributed by atoms with Crippen molar-refractivity contribution in [1.82, 2.24) is 0 Å². The first-order valence-electron chi connectivity index (χ1n) is 6.42. The predicted octanol–water partition coefficient (Wildman–Crippen LogP) is 0.914. The van der Waals surface area contributed by atoms with Crippen LogP contribution in [0.1, 0.15) is 18.4 Å². The van der Waals surface area contributed by atoms with Gasteiger partial charge in [0.25, 0.3) is 0 Å². The van der Waals surface area contributed by atoms with Crippen LogP contribution in [0.5, 0.6) is 0 Å². The van der Waals surface area contributed by atoms with Crippen molar-refractivity contribution in [2.75, 3.05) is 25.6 Å². The number of benzene rings is 1. The number of carbonyl (C=O) groups excluding carboxylic acids is 1. The lowest BCUT2D eigenvalue weighted by Crippen LogP contribution is -2.35. The molecule has 1 aromatic carbocycles. The minimum Gasteiger partial charge on any atom is -0.396 e. The molecule has 0 saturated carbocycles. The smallest absolute Gasteiger partial charge is 0.241 e. The third-order valence-corrected chi connectivity index (χ3v) is 2.82. The summed E-state index contributed by atoms with van der Waals surface area (Å²) in [6.45, 7) is 0.729. The van der Waals surface area contributed by atoms with Crippen molar-refractivity contribution in [3.05, 3.63) is 29.8 Å². The minimum atomic E-state index is -0.521. The summed E-state index contributed by atoms with van der Waals surface area (Å²) in [6.07, 6.45) is 1.98. The second-order valence-corrected chi connectivity index (χ2v) is 4.40. The molecular weight excluding hydrogens is 244 g/mol. The molecule has 0 spiro atoms. The van der Waals surface area contributed by atoms with E-state index < -0.39 is 6.04 Å². The fraction of sp³-hybridized carbons (Fsp3) is 0.500. The molecule has 5 heteroatoms. The van der Waals surface area contributed by atoms with Crippen molar-refractivity contribution in [2.24, 2.45) is 5.73 Å². The minimum absolute atomic E-state index is 0.121. The Balaban J connectivity index is 2.42. The summed E-state index contributed by atoms with van der Waals surface area (Å²) in [5.74, 6) is -0.189. The highest BCUT2D eigenvalue weighted by Gasteiger charge is 2.12. The molecule has 1 amide bonds. The van der Waals surface area contributed by atoms with Crippen LogP contribution in [0.2, 0.25) is 0 Å². The van der Waals surface area contributed by atoms with E-state index in [2.05, 4.69) is 5.32 Å². The summed E-state index contributed by atoms with van der Waals surface area (Å²) in [7, 11) is 1.62. The van der Waals surface area contributed by atoms with E-state index in [0.717, 1.165) is 12.0 Å². The van der Waals surface area contributed by atoms with Crippen molar-refractivity contribution in [3.63, 3.8) is 0 Å². The fourth-order valence-corrected chi connectivity index (χ4v) is 1.70. The highest BCUT2D eigenvalue weighted by atomic mass is 16.5. The number of amides is 1. The van der Waals surface area contributed by atoms with Crippen molar-refractivity contribution in [2.45, 2.75) is 25.3 Å². The van der Waals surface area contributed by atoms with Crippen LogP contribution >= 0.6 is 0 Å². The first-order chi connectivity index (χ1) is 9.17. The van der Waals surface area contributed by atoms with Crippen LogP contribution in [0.25, 0.3) is 0 Å². The van der Waals surface area contributed by atoms with Gasteiger partial charge < -0.3 is 20.9 Å². The van der Waals surface area contributed by atoms with Gasteiger partial charge >= 0.3 is 0 Å². The molecule has 0 aliphatic rings. The highest BCUT2D eigenvalue weighted by Crippen LogP contribution is 2.10. The number of methoxy groups -OCH3 is 1. The molecular formula is C14H22N2O3. The van der Waals surface area contributed by atoms with Crippen molar-refractivity contribution in [1.29, 1.82) is 0 Å². The normalized spacial score (nSPS) is 12.2. The van der Waals surface area contributed by atoms with Crippen LogP contribution < -0.4 is 11.1 Å². The SMILES string of the molecule is COCCCC(N)C(=O)Nc1ccc(CCO)cc1. The van der Waals surface area contributed by atoms with Crippen molar-refractivity contribution < 1.29 is 14.6 Å². The van der Waals surface area contributed by atoms with Crippen LogP contribution in [-0.2, 0) is 16.0 Å². The molecule has 1 aromatic rings. The Morgan fingerprint density at radius 2 is 2.11 bits per heavy atom. The van der Waals surface area contributed by atoms with Gasteiger partial charge in [-0.1, -0.05) is 12.1 Å².